The highest BCUT2D eigenvalue weighted by Gasteiger charge is 2.08. The van der Waals surface area contributed by atoms with E-state index in [9.17, 15) is 4.79 Å². The van der Waals surface area contributed by atoms with E-state index in [1.54, 1.807) is 19.2 Å². The molecule has 1 aromatic rings. The number of nitrogens with two attached hydrogens (primary N) is 2. The predicted octanol–water partition coefficient (Wildman–Crippen LogP) is -0.0179. The minimum atomic E-state index is -0.473. The van der Waals surface area contributed by atoms with Crippen LogP contribution < -0.4 is 16.4 Å². The number of rotatable bonds is 8. The molecule has 0 saturated heterocycles. The number of anilines is 1. The lowest BCUT2D eigenvalue weighted by atomic mass is 10.2. The van der Waals surface area contributed by atoms with Crippen molar-refractivity contribution in [3.05, 3.63) is 23.9 Å². The number of carbonyl (C=O) groups excluding carboxylic acids is 1. The molecule has 0 spiro atoms. The van der Waals surface area contributed by atoms with Crippen LogP contribution in [0.4, 0.5) is 5.82 Å². The number of pyridine rings is 1. The lowest BCUT2D eigenvalue weighted by Gasteiger charge is -2.23. The Kier molecular flexibility index (Phi) is 6.10. The quantitative estimate of drug-likeness (QED) is 0.678. The second kappa shape index (κ2) is 7.62. The number of amides is 1. The van der Waals surface area contributed by atoms with Gasteiger partial charge in [-0.15, -0.1) is 0 Å². The minimum absolute atomic E-state index is 0.407. The molecule has 0 radical (unpaired) electrons. The Balaban J connectivity index is 2.73. The highest BCUT2D eigenvalue weighted by atomic mass is 16.5. The molecule has 0 atom stereocenters. The predicted molar refractivity (Wildman–Crippen MR) is 70.5 cm³/mol. The first-order valence-corrected chi connectivity index (χ1v) is 5.89. The van der Waals surface area contributed by atoms with Crippen LogP contribution in [0.1, 0.15) is 16.8 Å². The summed E-state index contributed by atoms with van der Waals surface area (Å²) in [6.45, 7) is 2.79. The Morgan fingerprint density at radius 2 is 2.22 bits per heavy atom. The van der Waals surface area contributed by atoms with Gasteiger partial charge in [-0.3, -0.25) is 4.79 Å². The second-order valence-electron chi connectivity index (χ2n) is 3.89. The monoisotopic (exact) mass is 252 g/mol. The number of hydrogen-bond acceptors (Lipinski definition) is 5. The van der Waals surface area contributed by atoms with Crippen molar-refractivity contribution in [1.29, 1.82) is 0 Å². The van der Waals surface area contributed by atoms with Crippen molar-refractivity contribution >= 4 is 11.7 Å². The summed E-state index contributed by atoms with van der Waals surface area (Å²) in [6.07, 6.45) is 2.36. The largest absolute Gasteiger partial charge is 0.383 e. The fourth-order valence-corrected chi connectivity index (χ4v) is 1.54. The smallest absolute Gasteiger partial charge is 0.250 e. The van der Waals surface area contributed by atoms with E-state index in [1.807, 2.05) is 0 Å². The Hall–Kier alpha value is -1.66. The van der Waals surface area contributed by atoms with Crippen LogP contribution in [-0.4, -0.2) is 44.2 Å². The molecular formula is C12H20N4O2. The van der Waals surface area contributed by atoms with Crippen molar-refractivity contribution in [3.8, 4) is 0 Å². The van der Waals surface area contributed by atoms with E-state index in [-0.39, 0.29) is 0 Å². The maximum Gasteiger partial charge on any atom is 0.250 e. The summed E-state index contributed by atoms with van der Waals surface area (Å²) in [5, 5.41) is 0. The van der Waals surface area contributed by atoms with Gasteiger partial charge in [-0.1, -0.05) is 0 Å². The third-order valence-corrected chi connectivity index (χ3v) is 2.55. The summed E-state index contributed by atoms with van der Waals surface area (Å²) in [6, 6.07) is 3.46. The molecule has 1 heterocycles. The van der Waals surface area contributed by atoms with Gasteiger partial charge in [0.25, 0.3) is 0 Å². The fourth-order valence-electron chi connectivity index (χ4n) is 1.54. The van der Waals surface area contributed by atoms with Crippen molar-refractivity contribution in [2.45, 2.75) is 6.42 Å². The second-order valence-corrected chi connectivity index (χ2v) is 3.89. The molecule has 1 rings (SSSR count). The lowest BCUT2D eigenvalue weighted by molar-refractivity contribution is 0.1000. The zero-order valence-electron chi connectivity index (χ0n) is 10.6. The molecule has 0 fully saturated rings. The molecule has 1 aromatic heterocycles. The van der Waals surface area contributed by atoms with Gasteiger partial charge >= 0.3 is 0 Å². The maximum atomic E-state index is 11.0. The molecule has 6 heteroatoms. The van der Waals surface area contributed by atoms with Crippen LogP contribution in [0.15, 0.2) is 18.3 Å². The van der Waals surface area contributed by atoms with Crippen molar-refractivity contribution < 1.29 is 9.53 Å². The SMILES string of the molecule is COCCN(CCCN)c1ccc(C(N)=O)cn1. The lowest BCUT2D eigenvalue weighted by Crippen LogP contribution is -2.30. The van der Waals surface area contributed by atoms with Gasteiger partial charge in [0.05, 0.1) is 12.2 Å². The first kappa shape index (κ1) is 14.4. The van der Waals surface area contributed by atoms with E-state index in [1.165, 1.54) is 6.20 Å². The van der Waals surface area contributed by atoms with Crippen molar-refractivity contribution in [2.75, 3.05) is 38.3 Å². The van der Waals surface area contributed by atoms with Crippen molar-refractivity contribution in [2.24, 2.45) is 11.5 Å². The molecule has 0 unspecified atom stereocenters. The van der Waals surface area contributed by atoms with E-state index in [2.05, 4.69) is 9.88 Å². The number of primary amides is 1. The number of ether oxygens (including phenoxy) is 1. The standard InChI is InChI=1S/C12H20N4O2/c1-18-8-7-16(6-2-5-13)11-4-3-10(9-15-11)12(14)17/h3-4,9H,2,5-8,13H2,1H3,(H2,14,17). The third-order valence-electron chi connectivity index (χ3n) is 2.55. The summed E-state index contributed by atoms with van der Waals surface area (Å²) in [4.78, 5) is 17.3. The summed E-state index contributed by atoms with van der Waals surface area (Å²) in [5.74, 6) is 0.324. The number of nitrogens with zero attached hydrogens (tertiary/aromatic N) is 2. The van der Waals surface area contributed by atoms with E-state index >= 15 is 0 Å². The van der Waals surface area contributed by atoms with Gasteiger partial charge in [0.2, 0.25) is 5.91 Å². The zero-order chi connectivity index (χ0) is 13.4. The summed E-state index contributed by atoms with van der Waals surface area (Å²) < 4.78 is 5.06. The highest BCUT2D eigenvalue weighted by molar-refractivity contribution is 5.92. The third kappa shape index (κ3) is 4.31. The Morgan fingerprint density at radius 1 is 1.44 bits per heavy atom. The molecular weight excluding hydrogens is 232 g/mol. The number of aromatic nitrogens is 1. The molecule has 18 heavy (non-hydrogen) atoms. The Bertz CT molecular complexity index is 359. The van der Waals surface area contributed by atoms with Crippen LogP contribution >= 0.6 is 0 Å². The summed E-state index contributed by atoms with van der Waals surface area (Å²) in [7, 11) is 1.66. The Labute approximate surface area is 107 Å². The van der Waals surface area contributed by atoms with E-state index in [4.69, 9.17) is 16.2 Å². The van der Waals surface area contributed by atoms with Crippen LogP contribution in [0.5, 0.6) is 0 Å². The van der Waals surface area contributed by atoms with E-state index in [0.29, 0.717) is 18.7 Å². The zero-order valence-corrected chi connectivity index (χ0v) is 10.6. The molecule has 0 saturated carbocycles. The van der Waals surface area contributed by atoms with E-state index in [0.717, 1.165) is 25.3 Å². The molecule has 0 bridgehead atoms. The Morgan fingerprint density at radius 3 is 2.72 bits per heavy atom. The summed E-state index contributed by atoms with van der Waals surface area (Å²) >= 11 is 0. The molecule has 0 aliphatic rings. The van der Waals surface area contributed by atoms with Gasteiger partial charge < -0.3 is 21.1 Å². The average molecular weight is 252 g/mol. The van der Waals surface area contributed by atoms with Crippen molar-refractivity contribution in [3.63, 3.8) is 0 Å². The van der Waals surface area contributed by atoms with Gasteiger partial charge in [0.15, 0.2) is 0 Å². The number of methoxy groups -OCH3 is 1. The molecule has 0 aliphatic heterocycles. The van der Waals surface area contributed by atoms with Crippen LogP contribution in [-0.2, 0) is 4.74 Å². The van der Waals surface area contributed by atoms with Gasteiger partial charge in [-0.05, 0) is 25.1 Å². The van der Waals surface area contributed by atoms with Crippen LogP contribution in [0.2, 0.25) is 0 Å². The topological polar surface area (TPSA) is 94.5 Å². The van der Waals surface area contributed by atoms with Gasteiger partial charge in [-0.2, -0.15) is 0 Å². The van der Waals surface area contributed by atoms with Gasteiger partial charge in [0, 0.05) is 26.4 Å². The molecule has 1 amide bonds. The molecule has 100 valence electrons. The first-order chi connectivity index (χ1) is 8.69. The van der Waals surface area contributed by atoms with Crippen molar-refractivity contribution in [1.82, 2.24) is 4.98 Å². The average Bonchev–Trinajstić information content (AvgIpc) is 2.39. The fraction of sp³-hybridized carbons (Fsp3) is 0.500. The molecule has 0 aromatic carbocycles. The normalized spacial score (nSPS) is 10.3. The van der Waals surface area contributed by atoms with Crippen LogP contribution in [0, 0.1) is 0 Å². The molecule has 0 aliphatic carbocycles. The van der Waals surface area contributed by atoms with Gasteiger partial charge in [-0.25, -0.2) is 4.98 Å². The van der Waals surface area contributed by atoms with E-state index < -0.39 is 5.91 Å². The maximum absolute atomic E-state index is 11.0. The molecule has 6 nitrogen and oxygen atoms in total. The number of hydrogen-bond donors (Lipinski definition) is 2. The first-order valence-electron chi connectivity index (χ1n) is 5.89. The van der Waals surface area contributed by atoms with Crippen LogP contribution in [0.25, 0.3) is 0 Å². The van der Waals surface area contributed by atoms with Crippen LogP contribution in [0.3, 0.4) is 0 Å². The minimum Gasteiger partial charge on any atom is -0.383 e. The molecule has 4 N–H and O–H groups in total. The summed E-state index contributed by atoms with van der Waals surface area (Å²) in [5.41, 5.74) is 11.1. The highest BCUT2D eigenvalue weighted by Crippen LogP contribution is 2.11. The van der Waals surface area contributed by atoms with Gasteiger partial charge in [0.1, 0.15) is 5.82 Å². The number of carbonyl (C=O) groups is 1.